The number of ketones is 1. The molecule has 3 fully saturated rings. The molecule has 0 heterocycles. The van der Waals surface area contributed by atoms with E-state index in [2.05, 4.69) is 6.92 Å². The van der Waals surface area contributed by atoms with Crippen LogP contribution in [0.5, 0.6) is 0 Å². The van der Waals surface area contributed by atoms with Gasteiger partial charge in [-0.1, -0.05) is 12.5 Å². The molecule has 3 heteroatoms. The van der Waals surface area contributed by atoms with Gasteiger partial charge in [0, 0.05) is 18.8 Å². The van der Waals surface area contributed by atoms with Crippen molar-refractivity contribution in [1.82, 2.24) is 0 Å². The Hall–Kier alpha value is -1.12. The number of rotatable bonds is 1. The minimum absolute atomic E-state index is 0.121. The molecule has 0 aromatic heterocycles. The Morgan fingerprint density at radius 2 is 1.96 bits per heavy atom. The highest BCUT2D eigenvalue weighted by atomic mass is 16.5. The lowest BCUT2D eigenvalue weighted by molar-refractivity contribution is -0.156. The van der Waals surface area contributed by atoms with E-state index in [1.807, 2.05) is 6.08 Å². The maximum Gasteiger partial charge on any atom is 0.302 e. The summed E-state index contributed by atoms with van der Waals surface area (Å²) in [6.07, 6.45) is 10.9. The van der Waals surface area contributed by atoms with Crippen molar-refractivity contribution in [3.63, 3.8) is 0 Å². The Bertz CT molecular complexity index is 563. The minimum Gasteiger partial charge on any atom is -0.462 e. The minimum atomic E-state index is -0.126. The van der Waals surface area contributed by atoms with Gasteiger partial charge in [0.1, 0.15) is 6.10 Å². The molecule has 23 heavy (non-hydrogen) atoms. The highest BCUT2D eigenvalue weighted by Crippen LogP contribution is 2.62. The predicted octanol–water partition coefficient (Wildman–Crippen LogP) is 4.06. The summed E-state index contributed by atoms with van der Waals surface area (Å²) in [6, 6.07) is 0. The summed E-state index contributed by atoms with van der Waals surface area (Å²) in [6.45, 7) is 3.91. The first-order valence-corrected chi connectivity index (χ1v) is 9.39. The van der Waals surface area contributed by atoms with Crippen molar-refractivity contribution in [2.75, 3.05) is 0 Å². The van der Waals surface area contributed by atoms with Crippen LogP contribution in [0.25, 0.3) is 0 Å². The van der Waals surface area contributed by atoms with Crippen molar-refractivity contribution in [2.24, 2.45) is 29.1 Å². The first kappa shape index (κ1) is 15.4. The molecule has 3 unspecified atom stereocenters. The van der Waals surface area contributed by atoms with E-state index in [0.717, 1.165) is 37.5 Å². The van der Waals surface area contributed by atoms with Gasteiger partial charge in [0.15, 0.2) is 5.78 Å². The smallest absolute Gasteiger partial charge is 0.302 e. The molecule has 3 nitrogen and oxygen atoms in total. The zero-order chi connectivity index (χ0) is 16.2. The molecule has 0 N–H and O–H groups in total. The van der Waals surface area contributed by atoms with E-state index in [4.69, 9.17) is 4.74 Å². The van der Waals surface area contributed by atoms with Crippen LogP contribution in [0.15, 0.2) is 11.6 Å². The summed E-state index contributed by atoms with van der Waals surface area (Å²) < 4.78 is 5.69. The van der Waals surface area contributed by atoms with Crippen LogP contribution in [0.1, 0.15) is 65.2 Å². The summed E-state index contributed by atoms with van der Waals surface area (Å²) in [5, 5.41) is 0. The summed E-state index contributed by atoms with van der Waals surface area (Å²) >= 11 is 0. The van der Waals surface area contributed by atoms with Gasteiger partial charge in [-0.2, -0.15) is 0 Å². The van der Waals surface area contributed by atoms with Crippen LogP contribution >= 0.6 is 0 Å². The molecule has 0 amide bonds. The molecular weight excluding hydrogens is 288 g/mol. The number of fused-ring (bicyclic) bond motifs is 5. The lowest BCUT2D eigenvalue weighted by atomic mass is 9.52. The summed E-state index contributed by atoms with van der Waals surface area (Å²) in [7, 11) is 0. The Morgan fingerprint density at radius 1 is 1.13 bits per heavy atom. The third-order valence-electron chi connectivity index (χ3n) is 7.52. The zero-order valence-electron chi connectivity index (χ0n) is 14.3. The van der Waals surface area contributed by atoms with Crippen LogP contribution in [0.3, 0.4) is 0 Å². The first-order chi connectivity index (χ1) is 11.0. The van der Waals surface area contributed by atoms with E-state index in [1.165, 1.54) is 31.3 Å². The fourth-order valence-electron chi connectivity index (χ4n) is 6.53. The second-order valence-electron chi connectivity index (χ2n) is 8.52. The van der Waals surface area contributed by atoms with E-state index in [0.29, 0.717) is 17.6 Å². The van der Waals surface area contributed by atoms with Crippen molar-refractivity contribution >= 4 is 11.8 Å². The molecule has 0 bridgehead atoms. The number of carbonyl (C=O) groups excluding carboxylic acids is 2. The van der Waals surface area contributed by atoms with Gasteiger partial charge >= 0.3 is 5.97 Å². The molecule has 4 aliphatic carbocycles. The zero-order valence-corrected chi connectivity index (χ0v) is 14.3. The highest BCUT2D eigenvalue weighted by molar-refractivity contribution is 5.91. The second kappa shape index (κ2) is 5.46. The third-order valence-corrected chi connectivity index (χ3v) is 7.52. The molecule has 4 rings (SSSR count). The number of allylic oxidation sites excluding steroid dienone is 1. The average molecular weight is 316 g/mol. The standard InChI is InChI=1S/C20H28O3/c1-12(21)23-19-8-7-18-17-5-3-13-11-14(22)4-6-15(13)16(17)9-10-20(18,19)2/h11,15-19H,3-10H2,1-2H3/t15?,16?,17-,18?,19+,20+/m1/s1. The van der Waals surface area contributed by atoms with Crippen molar-refractivity contribution in [1.29, 1.82) is 0 Å². The van der Waals surface area contributed by atoms with E-state index < -0.39 is 0 Å². The Labute approximate surface area is 138 Å². The summed E-state index contributed by atoms with van der Waals surface area (Å²) in [5.74, 6) is 3.10. The van der Waals surface area contributed by atoms with Gasteiger partial charge in [0.25, 0.3) is 0 Å². The molecular formula is C20H28O3. The van der Waals surface area contributed by atoms with Crippen LogP contribution in [0.2, 0.25) is 0 Å². The van der Waals surface area contributed by atoms with Crippen molar-refractivity contribution in [3.05, 3.63) is 11.6 Å². The van der Waals surface area contributed by atoms with Gasteiger partial charge in [-0.3, -0.25) is 9.59 Å². The molecule has 4 aliphatic rings. The fraction of sp³-hybridized carbons (Fsp3) is 0.800. The quantitative estimate of drug-likeness (QED) is 0.685. The molecule has 0 radical (unpaired) electrons. The van der Waals surface area contributed by atoms with E-state index >= 15 is 0 Å². The summed E-state index contributed by atoms with van der Waals surface area (Å²) in [5.41, 5.74) is 1.62. The lowest BCUT2D eigenvalue weighted by Gasteiger charge is -2.53. The lowest BCUT2D eigenvalue weighted by Crippen LogP contribution is -2.48. The van der Waals surface area contributed by atoms with Crippen LogP contribution in [0.4, 0.5) is 0 Å². The van der Waals surface area contributed by atoms with Crippen LogP contribution in [0, 0.1) is 29.1 Å². The highest BCUT2D eigenvalue weighted by Gasteiger charge is 2.57. The summed E-state index contributed by atoms with van der Waals surface area (Å²) in [4.78, 5) is 23.2. The number of esters is 1. The maximum absolute atomic E-state index is 11.7. The van der Waals surface area contributed by atoms with Crippen molar-refractivity contribution < 1.29 is 14.3 Å². The molecule has 3 saturated carbocycles. The number of carbonyl (C=O) groups is 2. The molecule has 0 spiro atoms. The normalized spacial score (nSPS) is 45.6. The molecule has 0 aliphatic heterocycles. The monoisotopic (exact) mass is 316 g/mol. The van der Waals surface area contributed by atoms with Gasteiger partial charge in [-0.05, 0) is 74.7 Å². The van der Waals surface area contributed by atoms with Crippen molar-refractivity contribution in [3.8, 4) is 0 Å². The predicted molar refractivity (Wildman–Crippen MR) is 87.6 cm³/mol. The van der Waals surface area contributed by atoms with Crippen LogP contribution < -0.4 is 0 Å². The third kappa shape index (κ3) is 2.38. The maximum atomic E-state index is 11.7. The Balaban J connectivity index is 1.57. The van der Waals surface area contributed by atoms with E-state index in [1.54, 1.807) is 6.92 Å². The first-order valence-electron chi connectivity index (χ1n) is 9.39. The molecule has 0 aromatic carbocycles. The Morgan fingerprint density at radius 3 is 2.74 bits per heavy atom. The van der Waals surface area contributed by atoms with Crippen LogP contribution in [-0.4, -0.2) is 17.9 Å². The molecule has 0 saturated heterocycles. The number of hydrogen-bond donors (Lipinski definition) is 0. The SMILES string of the molecule is CC(=O)O[C@H]1CCC2[C@@H]3CCC4=CC(=O)CCC4C3CC[C@@]21C. The van der Waals surface area contributed by atoms with E-state index in [-0.39, 0.29) is 17.5 Å². The largest absolute Gasteiger partial charge is 0.462 e. The molecule has 126 valence electrons. The van der Waals surface area contributed by atoms with Gasteiger partial charge in [-0.15, -0.1) is 0 Å². The number of ether oxygens (including phenoxy) is 1. The fourth-order valence-corrected chi connectivity index (χ4v) is 6.53. The Kier molecular flexibility index (Phi) is 3.66. The number of hydrogen-bond acceptors (Lipinski definition) is 3. The second-order valence-corrected chi connectivity index (χ2v) is 8.52. The van der Waals surface area contributed by atoms with Crippen LogP contribution in [-0.2, 0) is 14.3 Å². The molecule has 6 atom stereocenters. The molecule has 0 aromatic rings. The van der Waals surface area contributed by atoms with Gasteiger partial charge in [0.05, 0.1) is 0 Å². The van der Waals surface area contributed by atoms with Crippen molar-refractivity contribution in [2.45, 2.75) is 71.3 Å². The van der Waals surface area contributed by atoms with E-state index in [9.17, 15) is 9.59 Å². The topological polar surface area (TPSA) is 43.4 Å². The average Bonchev–Trinajstić information content (AvgIpc) is 2.83. The van der Waals surface area contributed by atoms with Gasteiger partial charge in [-0.25, -0.2) is 0 Å². The van der Waals surface area contributed by atoms with Gasteiger partial charge in [0.2, 0.25) is 0 Å². The van der Waals surface area contributed by atoms with Gasteiger partial charge < -0.3 is 4.74 Å².